The molecule has 4 rings (SSSR count). The van der Waals surface area contributed by atoms with Gasteiger partial charge in [0.2, 0.25) is 0 Å². The molecule has 2 aromatic carbocycles. The molecule has 1 atom stereocenters. The Labute approximate surface area is 208 Å². The van der Waals surface area contributed by atoms with Crippen LogP contribution in [0.15, 0.2) is 74.5 Å². The molecule has 0 saturated heterocycles. The predicted octanol–water partition coefficient (Wildman–Crippen LogP) is 4.12. The van der Waals surface area contributed by atoms with E-state index >= 15 is 0 Å². The largest absolute Gasteiger partial charge is 0.463 e. The minimum atomic E-state index is -3.00. The second kappa shape index (κ2) is 10.6. The summed E-state index contributed by atoms with van der Waals surface area (Å²) in [5.41, 5.74) is 1.41. The molecule has 0 radical (unpaired) electrons. The van der Waals surface area contributed by atoms with Crippen molar-refractivity contribution in [2.45, 2.75) is 31.4 Å². The second-order valence-corrected chi connectivity index (χ2v) is 9.38. The third-order valence-electron chi connectivity index (χ3n) is 5.37. The van der Waals surface area contributed by atoms with Gasteiger partial charge in [-0.1, -0.05) is 41.7 Å². The number of para-hydroxylation sites is 1. The average molecular weight is 517 g/mol. The van der Waals surface area contributed by atoms with Crippen molar-refractivity contribution in [3.63, 3.8) is 0 Å². The summed E-state index contributed by atoms with van der Waals surface area (Å²) in [7, 11) is 0. The van der Waals surface area contributed by atoms with Crippen LogP contribution in [0.25, 0.3) is 6.08 Å². The van der Waals surface area contributed by atoms with Crippen molar-refractivity contribution in [1.82, 2.24) is 4.57 Å². The number of carbonyl (C=O) groups excluding carboxylic acids is 1. The lowest BCUT2D eigenvalue weighted by Crippen LogP contribution is -2.39. The van der Waals surface area contributed by atoms with E-state index in [1.54, 1.807) is 43.8 Å². The number of thioether (sulfide) groups is 1. The summed E-state index contributed by atoms with van der Waals surface area (Å²) in [6, 6.07) is 13.1. The minimum Gasteiger partial charge on any atom is -0.463 e. The van der Waals surface area contributed by atoms with Gasteiger partial charge < -0.3 is 9.47 Å². The van der Waals surface area contributed by atoms with Crippen LogP contribution in [0.2, 0.25) is 0 Å². The van der Waals surface area contributed by atoms with Gasteiger partial charge >= 0.3 is 12.6 Å². The van der Waals surface area contributed by atoms with Crippen molar-refractivity contribution in [3.05, 3.63) is 90.6 Å². The summed E-state index contributed by atoms with van der Waals surface area (Å²) < 4.78 is 37.3. The number of benzene rings is 2. The van der Waals surface area contributed by atoms with E-state index in [1.165, 1.54) is 16.7 Å². The highest BCUT2D eigenvalue weighted by atomic mass is 32.2. The first-order valence-electron chi connectivity index (χ1n) is 10.7. The number of alkyl halides is 2. The maximum Gasteiger partial charge on any atom is 0.387 e. The van der Waals surface area contributed by atoms with E-state index in [0.717, 1.165) is 21.8 Å². The predicted molar refractivity (Wildman–Crippen MR) is 132 cm³/mol. The number of halogens is 2. The van der Waals surface area contributed by atoms with Crippen molar-refractivity contribution < 1.29 is 23.0 Å². The average Bonchev–Trinajstić information content (AvgIpc) is 3.13. The smallest absolute Gasteiger partial charge is 0.387 e. The highest BCUT2D eigenvalue weighted by Crippen LogP contribution is 2.31. The molecule has 0 saturated carbocycles. The molecular formula is C25H22F2N2O4S2. The van der Waals surface area contributed by atoms with Crippen LogP contribution < -0.4 is 19.6 Å². The number of fused-ring (bicyclic) bond motifs is 1. The number of esters is 1. The van der Waals surface area contributed by atoms with Gasteiger partial charge in [-0.25, -0.2) is 9.79 Å². The number of hydrogen-bond donors (Lipinski definition) is 0. The summed E-state index contributed by atoms with van der Waals surface area (Å²) in [5.74, 6) is -0.585. The molecule has 1 aliphatic heterocycles. The van der Waals surface area contributed by atoms with Crippen LogP contribution in [0.5, 0.6) is 5.75 Å². The molecule has 0 spiro atoms. The first kappa shape index (κ1) is 24.9. The molecule has 6 nitrogen and oxygen atoms in total. The van der Waals surface area contributed by atoms with E-state index in [4.69, 9.17) is 4.74 Å². The summed E-state index contributed by atoms with van der Waals surface area (Å²) >= 11 is 2.70. The van der Waals surface area contributed by atoms with Gasteiger partial charge in [0.05, 0.1) is 28.5 Å². The lowest BCUT2D eigenvalue weighted by Gasteiger charge is -2.24. The number of aromatic nitrogens is 1. The van der Waals surface area contributed by atoms with Crippen LogP contribution in [0, 0.1) is 0 Å². The van der Waals surface area contributed by atoms with E-state index in [1.807, 2.05) is 30.5 Å². The quantitative estimate of drug-likeness (QED) is 0.349. The highest BCUT2D eigenvalue weighted by Gasteiger charge is 2.33. The van der Waals surface area contributed by atoms with Gasteiger partial charge in [-0.05, 0) is 49.9 Å². The Balaban J connectivity index is 1.92. The topological polar surface area (TPSA) is 69.9 Å². The Bertz CT molecular complexity index is 1460. The van der Waals surface area contributed by atoms with E-state index in [9.17, 15) is 18.4 Å². The molecule has 0 bridgehead atoms. The SMILES string of the molecule is CCOC(=O)C1=C(C)N=c2sc(=Cc3ccccc3OC(F)F)c(=O)n2C1c1ccc(SC)cc1. The van der Waals surface area contributed by atoms with Crippen molar-refractivity contribution in [1.29, 1.82) is 0 Å². The van der Waals surface area contributed by atoms with E-state index in [-0.39, 0.29) is 22.5 Å². The zero-order valence-electron chi connectivity index (χ0n) is 19.2. The number of ether oxygens (including phenoxy) is 2. The molecule has 1 unspecified atom stereocenters. The van der Waals surface area contributed by atoms with Crippen molar-refractivity contribution >= 4 is 35.1 Å². The monoisotopic (exact) mass is 516 g/mol. The Kier molecular flexibility index (Phi) is 7.51. The van der Waals surface area contributed by atoms with E-state index < -0.39 is 24.2 Å². The first-order valence-corrected chi connectivity index (χ1v) is 12.8. The third-order valence-corrected chi connectivity index (χ3v) is 7.10. The van der Waals surface area contributed by atoms with Crippen molar-refractivity contribution in [2.75, 3.05) is 12.9 Å². The Hall–Kier alpha value is -3.24. The fraction of sp³-hybridized carbons (Fsp3) is 0.240. The van der Waals surface area contributed by atoms with Crippen molar-refractivity contribution in [3.8, 4) is 5.75 Å². The molecular weight excluding hydrogens is 494 g/mol. The zero-order chi connectivity index (χ0) is 25.1. The van der Waals surface area contributed by atoms with Gasteiger partial charge in [-0.15, -0.1) is 11.8 Å². The van der Waals surface area contributed by atoms with Gasteiger partial charge in [-0.3, -0.25) is 9.36 Å². The van der Waals surface area contributed by atoms with Gasteiger partial charge in [-0.2, -0.15) is 8.78 Å². The van der Waals surface area contributed by atoms with Gasteiger partial charge in [0.25, 0.3) is 5.56 Å². The third kappa shape index (κ3) is 5.08. The van der Waals surface area contributed by atoms with Crippen LogP contribution in [0.1, 0.15) is 31.0 Å². The number of nitrogens with zero attached hydrogens (tertiary/aromatic N) is 2. The molecule has 1 aromatic heterocycles. The van der Waals surface area contributed by atoms with Crippen LogP contribution >= 0.6 is 23.1 Å². The first-order chi connectivity index (χ1) is 16.8. The lowest BCUT2D eigenvalue weighted by molar-refractivity contribution is -0.139. The van der Waals surface area contributed by atoms with E-state index in [2.05, 4.69) is 9.73 Å². The number of allylic oxidation sites excluding steroid dienone is 1. The summed E-state index contributed by atoms with van der Waals surface area (Å²) in [5, 5.41) is 0. The van der Waals surface area contributed by atoms with Gasteiger partial charge in [0.1, 0.15) is 5.75 Å². The number of rotatable bonds is 7. The molecule has 35 heavy (non-hydrogen) atoms. The maximum atomic E-state index is 13.6. The number of carbonyl (C=O) groups is 1. The summed E-state index contributed by atoms with van der Waals surface area (Å²) in [6.45, 7) is 0.603. The lowest BCUT2D eigenvalue weighted by atomic mass is 9.96. The Morgan fingerprint density at radius 1 is 1.23 bits per heavy atom. The zero-order valence-corrected chi connectivity index (χ0v) is 20.8. The molecule has 10 heteroatoms. The standard InChI is InChI=1S/C25H22F2N2O4S2/c1-4-32-23(31)20-14(2)28-25-29(21(20)15-9-11-17(34-3)12-10-15)22(30)19(35-25)13-16-7-5-6-8-18(16)33-24(26)27/h5-13,21,24H,4H2,1-3H3. The fourth-order valence-corrected chi connectivity index (χ4v) is 5.28. The molecule has 3 aromatic rings. The second-order valence-electron chi connectivity index (χ2n) is 7.49. The maximum absolute atomic E-state index is 13.6. The van der Waals surface area contributed by atoms with Gasteiger partial charge in [0.15, 0.2) is 4.80 Å². The molecule has 2 heterocycles. The Morgan fingerprint density at radius 2 is 1.94 bits per heavy atom. The highest BCUT2D eigenvalue weighted by molar-refractivity contribution is 7.98. The minimum absolute atomic E-state index is 0.0408. The van der Waals surface area contributed by atoms with Crippen LogP contribution in [-0.2, 0) is 9.53 Å². The number of thiazole rings is 1. The van der Waals surface area contributed by atoms with Crippen LogP contribution in [-0.4, -0.2) is 30.0 Å². The normalized spacial score (nSPS) is 15.7. The summed E-state index contributed by atoms with van der Waals surface area (Å²) in [4.78, 5) is 32.5. The van der Waals surface area contributed by atoms with Crippen LogP contribution in [0.4, 0.5) is 8.78 Å². The molecule has 182 valence electrons. The molecule has 0 N–H and O–H groups in total. The summed E-state index contributed by atoms with van der Waals surface area (Å²) in [6.07, 6.45) is 3.46. The molecule has 0 aliphatic carbocycles. The van der Waals surface area contributed by atoms with Gasteiger partial charge in [0, 0.05) is 10.5 Å². The fourth-order valence-electron chi connectivity index (χ4n) is 3.84. The van der Waals surface area contributed by atoms with Crippen LogP contribution in [0.3, 0.4) is 0 Å². The Morgan fingerprint density at radius 3 is 2.60 bits per heavy atom. The number of hydrogen-bond acceptors (Lipinski definition) is 7. The van der Waals surface area contributed by atoms with Crippen molar-refractivity contribution in [2.24, 2.45) is 4.99 Å². The molecule has 0 amide bonds. The van der Waals surface area contributed by atoms with E-state index in [0.29, 0.717) is 16.1 Å². The molecule has 1 aliphatic rings. The molecule has 0 fully saturated rings.